The van der Waals surface area contributed by atoms with Crippen LogP contribution in [0.5, 0.6) is 5.75 Å². The highest BCUT2D eigenvalue weighted by molar-refractivity contribution is 5.89. The van der Waals surface area contributed by atoms with Crippen LogP contribution in [-0.2, 0) is 29.0 Å². The topological polar surface area (TPSA) is 93.4 Å². The van der Waals surface area contributed by atoms with E-state index in [-0.39, 0.29) is 11.8 Å². The second-order valence-corrected chi connectivity index (χ2v) is 9.73. The Morgan fingerprint density at radius 1 is 0.892 bits per heavy atom. The van der Waals surface area contributed by atoms with Gasteiger partial charge in [0.2, 0.25) is 11.8 Å². The van der Waals surface area contributed by atoms with Gasteiger partial charge in [-0.3, -0.25) is 9.59 Å². The van der Waals surface area contributed by atoms with Gasteiger partial charge < -0.3 is 21.1 Å². The van der Waals surface area contributed by atoms with Crippen LogP contribution in [0.15, 0.2) is 66.7 Å². The third-order valence-corrected chi connectivity index (χ3v) is 6.49. The van der Waals surface area contributed by atoms with Gasteiger partial charge in [-0.25, -0.2) is 0 Å². The monoisotopic (exact) mass is 501 g/mol. The van der Waals surface area contributed by atoms with Gasteiger partial charge >= 0.3 is 0 Å². The van der Waals surface area contributed by atoms with Gasteiger partial charge in [-0.2, -0.15) is 0 Å². The predicted molar refractivity (Wildman–Crippen MR) is 148 cm³/mol. The molecule has 37 heavy (non-hydrogen) atoms. The molecule has 196 valence electrons. The van der Waals surface area contributed by atoms with Crippen LogP contribution >= 0.6 is 0 Å². The summed E-state index contributed by atoms with van der Waals surface area (Å²) in [5.74, 6) is 0.233. The Hall–Kier alpha value is -3.64. The second kappa shape index (κ2) is 13.6. The van der Waals surface area contributed by atoms with Crippen LogP contribution in [0.3, 0.4) is 0 Å². The van der Waals surface area contributed by atoms with Crippen molar-refractivity contribution in [2.45, 2.75) is 65.6 Å². The molecule has 4 N–H and O–H groups in total. The maximum Gasteiger partial charge on any atom is 0.242 e. The van der Waals surface area contributed by atoms with E-state index >= 15 is 0 Å². The van der Waals surface area contributed by atoms with Gasteiger partial charge in [-0.1, -0.05) is 60.2 Å². The molecule has 0 fully saturated rings. The van der Waals surface area contributed by atoms with Gasteiger partial charge in [0.1, 0.15) is 18.4 Å². The lowest BCUT2D eigenvalue weighted by Crippen LogP contribution is -2.51. The van der Waals surface area contributed by atoms with Crippen molar-refractivity contribution in [2.24, 2.45) is 5.73 Å². The van der Waals surface area contributed by atoms with Gasteiger partial charge in [-0.15, -0.1) is 0 Å². The van der Waals surface area contributed by atoms with Crippen LogP contribution < -0.4 is 21.1 Å². The van der Waals surface area contributed by atoms with Crippen LogP contribution in [0, 0.1) is 20.8 Å². The van der Waals surface area contributed by atoms with Crippen molar-refractivity contribution in [3.63, 3.8) is 0 Å². The zero-order valence-corrected chi connectivity index (χ0v) is 22.3. The Morgan fingerprint density at radius 2 is 1.54 bits per heavy atom. The summed E-state index contributed by atoms with van der Waals surface area (Å²) >= 11 is 0. The Bertz CT molecular complexity index is 1150. The number of hydrogen-bond acceptors (Lipinski definition) is 4. The van der Waals surface area contributed by atoms with Crippen molar-refractivity contribution in [3.05, 3.63) is 100 Å². The van der Waals surface area contributed by atoms with Crippen LogP contribution in [0.2, 0.25) is 0 Å². The lowest BCUT2D eigenvalue weighted by atomic mass is 9.96. The molecule has 0 aliphatic carbocycles. The largest absolute Gasteiger partial charge is 0.489 e. The van der Waals surface area contributed by atoms with Crippen LogP contribution in [0.4, 0.5) is 0 Å². The van der Waals surface area contributed by atoms with E-state index in [9.17, 15) is 9.59 Å². The van der Waals surface area contributed by atoms with E-state index in [1.807, 2.05) is 44.2 Å². The molecule has 0 heterocycles. The minimum absolute atomic E-state index is 0.212. The number of hydrogen-bond donors (Lipinski definition) is 3. The fourth-order valence-electron chi connectivity index (χ4n) is 4.21. The summed E-state index contributed by atoms with van der Waals surface area (Å²) in [7, 11) is 0. The molecule has 0 aromatic heterocycles. The number of aryl methyl sites for hydroxylation is 4. The smallest absolute Gasteiger partial charge is 0.242 e. The highest BCUT2D eigenvalue weighted by Gasteiger charge is 2.21. The number of amides is 2. The molecule has 3 aromatic rings. The Morgan fingerprint density at radius 3 is 2.19 bits per heavy atom. The summed E-state index contributed by atoms with van der Waals surface area (Å²) < 4.78 is 5.99. The highest BCUT2D eigenvalue weighted by atomic mass is 16.5. The summed E-state index contributed by atoms with van der Waals surface area (Å²) in [6, 6.07) is 20.9. The molecule has 2 amide bonds. The summed E-state index contributed by atoms with van der Waals surface area (Å²) in [4.78, 5) is 25.1. The summed E-state index contributed by atoms with van der Waals surface area (Å²) in [6.45, 7) is 8.77. The van der Waals surface area contributed by atoms with Crippen molar-refractivity contribution in [3.8, 4) is 5.75 Å². The van der Waals surface area contributed by atoms with E-state index in [2.05, 4.69) is 54.0 Å². The van der Waals surface area contributed by atoms with Gasteiger partial charge in [-0.05, 0) is 86.9 Å². The normalized spacial score (nSPS) is 12.5. The molecule has 0 saturated carbocycles. The molecule has 3 rings (SSSR count). The molecule has 0 spiro atoms. The fraction of sp³-hybridized carbons (Fsp3) is 0.355. The first-order chi connectivity index (χ1) is 17.7. The minimum Gasteiger partial charge on any atom is -0.489 e. The van der Waals surface area contributed by atoms with E-state index in [1.54, 1.807) is 6.92 Å². The number of carbonyl (C=O) groups is 2. The van der Waals surface area contributed by atoms with Gasteiger partial charge in [0.25, 0.3) is 0 Å². The highest BCUT2D eigenvalue weighted by Crippen LogP contribution is 2.24. The lowest BCUT2D eigenvalue weighted by molar-refractivity contribution is -0.129. The number of nitrogens with one attached hydrogen (secondary N) is 2. The molecule has 0 saturated heterocycles. The van der Waals surface area contributed by atoms with Crippen molar-refractivity contribution in [2.75, 3.05) is 6.54 Å². The Balaban J connectivity index is 1.46. The zero-order chi connectivity index (χ0) is 26.8. The quantitative estimate of drug-likeness (QED) is 0.322. The van der Waals surface area contributed by atoms with E-state index in [0.717, 1.165) is 40.8 Å². The zero-order valence-electron chi connectivity index (χ0n) is 22.3. The number of rotatable bonds is 12. The number of carbonyl (C=O) groups excluding carboxylic acids is 2. The molecule has 0 bridgehead atoms. The molecule has 2 atom stereocenters. The molecular formula is C31H39N3O3. The van der Waals surface area contributed by atoms with E-state index < -0.39 is 12.1 Å². The standard InChI is InChI=1S/C31H39N3O3/c1-21-12-14-26(15-13-21)20-37-27-17-22(2)28(23(3)18-27)19-29(32)31(36)34-24(4)30(35)33-16-8-11-25-9-6-5-7-10-25/h5-7,9-10,12-15,17-18,24,29H,8,11,16,19-20,32H2,1-4H3,(H,33,35)(H,34,36)/t24-,29+/m1/s1. The third-order valence-electron chi connectivity index (χ3n) is 6.49. The molecule has 3 aromatic carbocycles. The van der Waals surface area contributed by atoms with E-state index in [0.29, 0.717) is 19.6 Å². The van der Waals surface area contributed by atoms with E-state index in [4.69, 9.17) is 10.5 Å². The van der Waals surface area contributed by atoms with Crippen LogP contribution in [-0.4, -0.2) is 30.4 Å². The van der Waals surface area contributed by atoms with Crippen molar-refractivity contribution >= 4 is 11.8 Å². The lowest BCUT2D eigenvalue weighted by Gasteiger charge is -2.19. The molecule has 6 heteroatoms. The second-order valence-electron chi connectivity index (χ2n) is 9.73. The van der Waals surface area contributed by atoms with Gasteiger partial charge in [0.15, 0.2) is 0 Å². The first-order valence-electron chi connectivity index (χ1n) is 12.9. The number of ether oxygens (including phenoxy) is 1. The molecule has 6 nitrogen and oxygen atoms in total. The van der Waals surface area contributed by atoms with Crippen molar-refractivity contribution in [1.82, 2.24) is 10.6 Å². The number of benzene rings is 3. The maximum atomic E-state index is 12.7. The predicted octanol–water partition coefficient (Wildman–Crippen LogP) is 4.31. The van der Waals surface area contributed by atoms with Crippen molar-refractivity contribution < 1.29 is 14.3 Å². The number of nitrogens with two attached hydrogens (primary N) is 1. The minimum atomic E-state index is -0.759. The molecule has 0 unspecified atom stereocenters. The van der Waals surface area contributed by atoms with Crippen molar-refractivity contribution in [1.29, 1.82) is 0 Å². The SMILES string of the molecule is Cc1ccc(COc2cc(C)c(C[C@H](N)C(=O)N[C@H](C)C(=O)NCCCc3ccccc3)c(C)c2)cc1. The third kappa shape index (κ3) is 8.76. The summed E-state index contributed by atoms with van der Waals surface area (Å²) in [5, 5.41) is 5.64. The first kappa shape index (κ1) is 27.9. The Kier molecular flexibility index (Phi) is 10.3. The summed E-state index contributed by atoms with van der Waals surface area (Å²) in [6.07, 6.45) is 2.10. The molecule has 0 aliphatic heterocycles. The van der Waals surface area contributed by atoms with Gasteiger partial charge in [0, 0.05) is 6.54 Å². The van der Waals surface area contributed by atoms with Crippen LogP contribution in [0.25, 0.3) is 0 Å². The average Bonchev–Trinajstić information content (AvgIpc) is 2.88. The Labute approximate surface area is 220 Å². The summed E-state index contributed by atoms with van der Waals surface area (Å²) in [5.41, 5.74) is 12.9. The van der Waals surface area contributed by atoms with Gasteiger partial charge in [0.05, 0.1) is 6.04 Å². The molecule has 0 radical (unpaired) electrons. The van der Waals surface area contributed by atoms with E-state index in [1.165, 1.54) is 11.1 Å². The average molecular weight is 502 g/mol. The van der Waals surface area contributed by atoms with Crippen LogP contribution in [0.1, 0.15) is 46.7 Å². The first-order valence-corrected chi connectivity index (χ1v) is 12.9. The molecule has 0 aliphatic rings. The molecular weight excluding hydrogens is 462 g/mol. The fourth-order valence-corrected chi connectivity index (χ4v) is 4.21. The maximum absolute atomic E-state index is 12.7.